The molecule has 1 heterocycles. The van der Waals surface area contributed by atoms with Gasteiger partial charge in [-0.2, -0.15) is 0 Å². The molecule has 0 saturated carbocycles. The zero-order valence-electron chi connectivity index (χ0n) is 20.4. The van der Waals surface area contributed by atoms with Gasteiger partial charge in [-0.3, -0.25) is 9.79 Å². The van der Waals surface area contributed by atoms with Gasteiger partial charge in [0.05, 0.1) is 36.7 Å². The summed E-state index contributed by atoms with van der Waals surface area (Å²) in [7, 11) is 4.87. The fourth-order valence-corrected chi connectivity index (χ4v) is 4.29. The number of carbonyl (C=O) groups excluding carboxylic acids is 1. The van der Waals surface area contributed by atoms with Crippen molar-refractivity contribution < 1.29 is 19.0 Å². The number of ether oxygens (including phenoxy) is 3. The van der Waals surface area contributed by atoms with Gasteiger partial charge in [0.15, 0.2) is 0 Å². The van der Waals surface area contributed by atoms with Gasteiger partial charge in [-0.15, -0.1) is 0 Å². The molecule has 3 aromatic rings. The lowest BCUT2D eigenvalue weighted by Crippen LogP contribution is -2.32. The Morgan fingerprint density at radius 1 is 0.943 bits per heavy atom. The highest BCUT2D eigenvalue weighted by Gasteiger charge is 2.31. The summed E-state index contributed by atoms with van der Waals surface area (Å²) in [5.41, 5.74) is 5.58. The van der Waals surface area contributed by atoms with Crippen LogP contribution in [0.5, 0.6) is 11.5 Å². The molecule has 1 amide bonds. The predicted octanol–water partition coefficient (Wildman–Crippen LogP) is 4.57. The number of benzene rings is 3. The molecule has 6 nitrogen and oxygen atoms in total. The lowest BCUT2D eigenvalue weighted by atomic mass is 9.92. The van der Waals surface area contributed by atoms with Crippen LogP contribution < -0.4 is 14.4 Å². The number of anilines is 1. The average Bonchev–Trinajstić information content (AvgIpc) is 3.03. The summed E-state index contributed by atoms with van der Waals surface area (Å²) in [6.07, 6.45) is 0. The maximum atomic E-state index is 13.1. The lowest BCUT2D eigenvalue weighted by molar-refractivity contribution is -0.117. The fourth-order valence-electron chi connectivity index (χ4n) is 4.29. The minimum atomic E-state index is -0.0867. The molecule has 0 unspecified atom stereocenters. The molecule has 6 heteroatoms. The monoisotopic (exact) mass is 468 g/mol. The Balaban J connectivity index is 2.02. The van der Waals surface area contributed by atoms with E-state index in [1.807, 2.05) is 67.6 Å². The number of likely N-dealkylation sites (N-methyl/N-ethyl adjacent to an activating group) is 1. The normalized spacial score (nSPS) is 12.7. The molecule has 178 valence electrons. The molecule has 0 aromatic heterocycles. The summed E-state index contributed by atoms with van der Waals surface area (Å²) in [4.78, 5) is 19.6. The van der Waals surface area contributed by atoms with Crippen LogP contribution in [0.2, 0.25) is 0 Å². The maximum Gasteiger partial charge on any atom is 0.248 e. The Labute approximate surface area is 206 Å². The van der Waals surface area contributed by atoms with Crippen molar-refractivity contribution in [2.24, 2.45) is 4.99 Å². The molecule has 0 bridgehead atoms. The smallest absolute Gasteiger partial charge is 0.248 e. The van der Waals surface area contributed by atoms with E-state index in [0.29, 0.717) is 36.0 Å². The highest BCUT2D eigenvalue weighted by Crippen LogP contribution is 2.47. The van der Waals surface area contributed by atoms with E-state index >= 15 is 0 Å². The van der Waals surface area contributed by atoms with Crippen molar-refractivity contribution in [1.82, 2.24) is 0 Å². The van der Waals surface area contributed by atoms with Crippen LogP contribution in [0.4, 0.5) is 5.69 Å². The Hall–Kier alpha value is -4.08. The van der Waals surface area contributed by atoms with Crippen molar-refractivity contribution in [1.29, 1.82) is 0 Å². The molecular weight excluding hydrogens is 440 g/mol. The van der Waals surface area contributed by atoms with Crippen LogP contribution in [-0.2, 0) is 9.53 Å². The fraction of sp³-hybridized carbons (Fsp3) is 0.241. The Kier molecular flexibility index (Phi) is 7.49. The number of benzodiazepines with no additional fused rings is 1. The van der Waals surface area contributed by atoms with Crippen LogP contribution in [0, 0.1) is 11.8 Å². The predicted molar refractivity (Wildman–Crippen MR) is 139 cm³/mol. The number of amides is 1. The van der Waals surface area contributed by atoms with Crippen molar-refractivity contribution >= 4 is 17.3 Å². The highest BCUT2D eigenvalue weighted by atomic mass is 16.5. The first-order chi connectivity index (χ1) is 17.1. The summed E-state index contributed by atoms with van der Waals surface area (Å²) in [6.45, 7) is 2.82. The van der Waals surface area contributed by atoms with E-state index in [-0.39, 0.29) is 12.5 Å². The average molecular weight is 469 g/mol. The minimum absolute atomic E-state index is 0.0313. The first-order valence-electron chi connectivity index (χ1n) is 11.4. The quantitative estimate of drug-likeness (QED) is 0.497. The zero-order valence-corrected chi connectivity index (χ0v) is 20.4. The number of hydrogen-bond donors (Lipinski definition) is 0. The Bertz CT molecular complexity index is 1320. The van der Waals surface area contributed by atoms with Gasteiger partial charge in [0.25, 0.3) is 0 Å². The largest absolute Gasteiger partial charge is 0.496 e. The lowest BCUT2D eigenvalue weighted by Gasteiger charge is -2.26. The van der Waals surface area contributed by atoms with Crippen molar-refractivity contribution in [3.63, 3.8) is 0 Å². The van der Waals surface area contributed by atoms with Crippen molar-refractivity contribution in [3.05, 3.63) is 77.4 Å². The standard InChI is InChI=1S/C29H28N2O4/c1-5-31-23-18-24(34-3)26(21-13-7-6-8-14-21)29(35-4)27(23)28(30-19-25(31)32)22-15-9-11-20(17-22)12-10-16-33-2/h6-9,11,13-15,17-18H,5,16,19H2,1-4H3. The van der Waals surface area contributed by atoms with Crippen LogP contribution >= 0.6 is 0 Å². The number of carbonyl (C=O) groups is 1. The summed E-state index contributed by atoms with van der Waals surface area (Å²) >= 11 is 0. The molecule has 3 aromatic carbocycles. The number of aliphatic imine (C=N–C) groups is 1. The van der Waals surface area contributed by atoms with Crippen molar-refractivity contribution in [3.8, 4) is 34.5 Å². The van der Waals surface area contributed by atoms with Gasteiger partial charge in [-0.25, -0.2) is 0 Å². The third-order valence-corrected chi connectivity index (χ3v) is 5.81. The van der Waals surface area contributed by atoms with Crippen molar-refractivity contribution in [2.75, 3.05) is 45.9 Å². The number of fused-ring (bicyclic) bond motifs is 1. The SMILES string of the molecule is CCN1C(=O)CN=C(c2cccc(C#CCOC)c2)c2c1cc(OC)c(-c1ccccc1)c2OC. The Morgan fingerprint density at radius 3 is 2.40 bits per heavy atom. The Morgan fingerprint density at radius 2 is 1.71 bits per heavy atom. The highest BCUT2D eigenvalue weighted by molar-refractivity contribution is 6.22. The molecule has 0 radical (unpaired) electrons. The molecule has 0 N–H and O–H groups in total. The molecule has 0 atom stereocenters. The third kappa shape index (κ3) is 4.77. The number of methoxy groups -OCH3 is 3. The van der Waals surface area contributed by atoms with Gasteiger partial charge in [-0.05, 0) is 24.6 Å². The molecule has 1 aliphatic heterocycles. The summed E-state index contributed by atoms with van der Waals surface area (Å²) in [5, 5.41) is 0. The van der Waals surface area contributed by atoms with E-state index in [4.69, 9.17) is 19.2 Å². The van der Waals surface area contributed by atoms with Crippen molar-refractivity contribution in [2.45, 2.75) is 6.92 Å². The molecule has 4 rings (SSSR count). The topological polar surface area (TPSA) is 60.4 Å². The van der Waals surface area contributed by atoms with E-state index < -0.39 is 0 Å². The third-order valence-electron chi connectivity index (χ3n) is 5.81. The molecular formula is C29H28N2O4. The summed E-state index contributed by atoms with van der Waals surface area (Å²) < 4.78 is 16.9. The van der Waals surface area contributed by atoms with Gasteiger partial charge in [0.1, 0.15) is 24.7 Å². The second-order valence-electron chi connectivity index (χ2n) is 7.87. The molecule has 0 fully saturated rings. The zero-order chi connectivity index (χ0) is 24.8. The molecule has 0 saturated heterocycles. The van der Waals surface area contributed by atoms with Crippen LogP contribution in [-0.4, -0.2) is 52.6 Å². The summed E-state index contributed by atoms with van der Waals surface area (Å²) in [5.74, 6) is 7.25. The van der Waals surface area contributed by atoms with Crippen LogP contribution in [0.3, 0.4) is 0 Å². The van der Waals surface area contributed by atoms with Crippen LogP contribution in [0.15, 0.2) is 65.7 Å². The molecule has 0 aliphatic carbocycles. The first kappa shape index (κ1) is 24.1. The number of rotatable bonds is 6. The first-order valence-corrected chi connectivity index (χ1v) is 11.4. The second kappa shape index (κ2) is 10.9. The van der Waals surface area contributed by atoms with Crippen LogP contribution in [0.25, 0.3) is 11.1 Å². The minimum Gasteiger partial charge on any atom is -0.496 e. The van der Waals surface area contributed by atoms with Gasteiger partial charge >= 0.3 is 0 Å². The van der Waals surface area contributed by atoms with E-state index in [0.717, 1.165) is 27.8 Å². The van der Waals surface area contributed by atoms with E-state index in [9.17, 15) is 4.79 Å². The van der Waals surface area contributed by atoms with E-state index in [1.165, 1.54) is 0 Å². The van der Waals surface area contributed by atoms with Crippen LogP contribution in [0.1, 0.15) is 23.6 Å². The van der Waals surface area contributed by atoms with E-state index in [1.54, 1.807) is 26.2 Å². The summed E-state index contributed by atoms with van der Waals surface area (Å²) in [6, 6.07) is 19.7. The number of hydrogen-bond acceptors (Lipinski definition) is 5. The van der Waals surface area contributed by atoms with Gasteiger partial charge in [-0.1, -0.05) is 54.3 Å². The van der Waals surface area contributed by atoms with E-state index in [2.05, 4.69) is 11.8 Å². The van der Waals surface area contributed by atoms with Gasteiger partial charge < -0.3 is 19.1 Å². The number of nitrogens with zero attached hydrogens (tertiary/aromatic N) is 2. The maximum absolute atomic E-state index is 13.1. The molecule has 35 heavy (non-hydrogen) atoms. The molecule has 0 spiro atoms. The molecule has 1 aliphatic rings. The second-order valence-corrected chi connectivity index (χ2v) is 7.87. The van der Waals surface area contributed by atoms with Gasteiger partial charge in [0, 0.05) is 30.8 Å². The van der Waals surface area contributed by atoms with Gasteiger partial charge in [0.2, 0.25) is 5.91 Å².